The van der Waals surface area contributed by atoms with Gasteiger partial charge < -0.3 is 14.8 Å². The summed E-state index contributed by atoms with van der Waals surface area (Å²) >= 11 is 0. The molecule has 0 aliphatic rings. The Labute approximate surface area is 182 Å². The van der Waals surface area contributed by atoms with Crippen molar-refractivity contribution in [2.45, 2.75) is 18.7 Å². The normalized spacial score (nSPS) is 11.5. The molecular formula is C22H26N2O6S. The number of rotatable bonds is 10. The first-order valence-corrected chi connectivity index (χ1v) is 11.1. The number of carbonyl (C=O) groups excluding carboxylic acids is 2. The fourth-order valence-corrected chi connectivity index (χ4v) is 4.17. The van der Waals surface area contributed by atoms with Gasteiger partial charge in [-0.15, -0.1) is 0 Å². The summed E-state index contributed by atoms with van der Waals surface area (Å²) in [4.78, 5) is 24.0. The number of hydrogen-bond acceptors (Lipinski definition) is 6. The highest BCUT2D eigenvalue weighted by molar-refractivity contribution is 7.89. The summed E-state index contributed by atoms with van der Waals surface area (Å²) in [6.07, 6.45) is 2.77. The summed E-state index contributed by atoms with van der Waals surface area (Å²) in [5.74, 6) is -0.549. The van der Waals surface area contributed by atoms with E-state index in [4.69, 9.17) is 9.47 Å². The number of carbonyl (C=O) groups is 2. The topological polar surface area (TPSA) is 102 Å². The van der Waals surface area contributed by atoms with Gasteiger partial charge in [-0.3, -0.25) is 4.79 Å². The Kier molecular flexibility index (Phi) is 8.77. The van der Waals surface area contributed by atoms with Crippen molar-refractivity contribution in [3.8, 4) is 5.75 Å². The smallest absolute Gasteiger partial charge is 0.331 e. The maximum absolute atomic E-state index is 12.5. The van der Waals surface area contributed by atoms with E-state index in [1.807, 2.05) is 0 Å². The van der Waals surface area contributed by atoms with Crippen LogP contribution in [0.2, 0.25) is 0 Å². The Morgan fingerprint density at radius 1 is 1.06 bits per heavy atom. The van der Waals surface area contributed by atoms with Crippen LogP contribution >= 0.6 is 0 Å². The number of benzene rings is 2. The Morgan fingerprint density at radius 3 is 2.35 bits per heavy atom. The zero-order chi connectivity index (χ0) is 22.9. The van der Waals surface area contributed by atoms with Gasteiger partial charge in [0, 0.05) is 24.9 Å². The minimum Gasteiger partial charge on any atom is -0.497 e. The lowest BCUT2D eigenvalue weighted by Gasteiger charge is -2.18. The van der Waals surface area contributed by atoms with E-state index in [-0.39, 0.29) is 4.90 Å². The minimum absolute atomic E-state index is 0.142. The number of nitrogens with one attached hydrogen (secondary N) is 1. The van der Waals surface area contributed by atoms with Crippen molar-refractivity contribution < 1.29 is 27.5 Å². The van der Waals surface area contributed by atoms with Gasteiger partial charge in [-0.2, -0.15) is 4.31 Å². The molecule has 0 spiro atoms. The quantitative estimate of drug-likeness (QED) is 0.445. The molecule has 0 aromatic heterocycles. The number of nitrogens with zero attached hydrogens (tertiary/aromatic N) is 1. The first-order valence-electron chi connectivity index (χ1n) is 9.69. The van der Waals surface area contributed by atoms with Crippen molar-refractivity contribution in [1.29, 1.82) is 0 Å². The molecule has 0 aliphatic carbocycles. The molecule has 1 amide bonds. The van der Waals surface area contributed by atoms with E-state index < -0.39 is 28.5 Å². The third kappa shape index (κ3) is 6.94. The molecule has 0 aliphatic heterocycles. The monoisotopic (exact) mass is 446 g/mol. The predicted octanol–water partition coefficient (Wildman–Crippen LogP) is 2.92. The van der Waals surface area contributed by atoms with Crippen molar-refractivity contribution in [3.63, 3.8) is 0 Å². The second-order valence-corrected chi connectivity index (χ2v) is 8.32. The van der Waals surface area contributed by atoms with Crippen molar-refractivity contribution in [3.05, 3.63) is 60.2 Å². The van der Waals surface area contributed by atoms with E-state index in [2.05, 4.69) is 5.32 Å². The average molecular weight is 447 g/mol. The van der Waals surface area contributed by atoms with E-state index in [9.17, 15) is 18.0 Å². The van der Waals surface area contributed by atoms with Crippen LogP contribution < -0.4 is 10.1 Å². The SMILES string of the molecule is CCN(CC)S(=O)(=O)c1ccc(NC(=O)COC(=O)/C=C/c2cccc(OC)c2)cc1. The highest BCUT2D eigenvalue weighted by atomic mass is 32.2. The van der Waals surface area contributed by atoms with Crippen LogP contribution in [-0.2, 0) is 24.3 Å². The largest absolute Gasteiger partial charge is 0.497 e. The van der Waals surface area contributed by atoms with Crippen LogP contribution in [-0.4, -0.2) is 51.4 Å². The number of methoxy groups -OCH3 is 1. The molecule has 0 saturated carbocycles. The van der Waals surface area contributed by atoms with Gasteiger partial charge in [0.25, 0.3) is 5.91 Å². The Morgan fingerprint density at radius 2 is 1.74 bits per heavy atom. The molecule has 2 rings (SSSR count). The Balaban J connectivity index is 1.88. The van der Waals surface area contributed by atoms with Gasteiger partial charge >= 0.3 is 5.97 Å². The number of anilines is 1. The number of ether oxygens (including phenoxy) is 2. The van der Waals surface area contributed by atoms with Crippen LogP contribution in [0.1, 0.15) is 19.4 Å². The second kappa shape index (κ2) is 11.3. The molecule has 0 unspecified atom stereocenters. The van der Waals surface area contributed by atoms with Crippen LogP contribution in [0.25, 0.3) is 6.08 Å². The molecule has 166 valence electrons. The maximum Gasteiger partial charge on any atom is 0.331 e. The lowest BCUT2D eigenvalue weighted by molar-refractivity contribution is -0.142. The third-order valence-corrected chi connectivity index (χ3v) is 6.40. The molecule has 0 heterocycles. The predicted molar refractivity (Wildman–Crippen MR) is 118 cm³/mol. The second-order valence-electron chi connectivity index (χ2n) is 6.38. The third-order valence-electron chi connectivity index (χ3n) is 4.33. The van der Waals surface area contributed by atoms with Gasteiger partial charge in [-0.25, -0.2) is 13.2 Å². The first-order chi connectivity index (χ1) is 14.8. The molecule has 2 aromatic rings. The standard InChI is InChI=1S/C22H26N2O6S/c1-4-24(5-2)31(27,28)20-12-10-18(11-13-20)23-21(25)16-30-22(26)14-9-17-7-6-8-19(15-17)29-3/h6-15H,4-5,16H2,1-3H3,(H,23,25)/b14-9+. The van der Waals surface area contributed by atoms with Crippen molar-refractivity contribution in [2.75, 3.05) is 32.1 Å². The number of hydrogen-bond donors (Lipinski definition) is 1. The molecular weight excluding hydrogens is 420 g/mol. The molecule has 2 aromatic carbocycles. The lowest BCUT2D eigenvalue weighted by atomic mass is 10.2. The molecule has 9 heteroatoms. The highest BCUT2D eigenvalue weighted by Crippen LogP contribution is 2.18. The van der Waals surface area contributed by atoms with Gasteiger partial charge in [0.2, 0.25) is 10.0 Å². The zero-order valence-corrected chi connectivity index (χ0v) is 18.5. The van der Waals surface area contributed by atoms with E-state index in [0.717, 1.165) is 5.56 Å². The number of amides is 1. The van der Waals surface area contributed by atoms with Gasteiger partial charge in [-0.05, 0) is 48.0 Å². The molecule has 8 nitrogen and oxygen atoms in total. The molecule has 0 fully saturated rings. The number of sulfonamides is 1. The summed E-state index contributed by atoms with van der Waals surface area (Å²) in [6, 6.07) is 12.9. The minimum atomic E-state index is -3.57. The van der Waals surface area contributed by atoms with Crippen molar-refractivity contribution in [2.24, 2.45) is 0 Å². The summed E-state index contributed by atoms with van der Waals surface area (Å²) < 4.78 is 36.3. The lowest BCUT2D eigenvalue weighted by Crippen LogP contribution is -2.30. The first kappa shape index (κ1) is 24.1. The van der Waals surface area contributed by atoms with Gasteiger partial charge in [0.1, 0.15) is 5.75 Å². The van der Waals surface area contributed by atoms with E-state index in [1.54, 1.807) is 51.3 Å². The van der Waals surface area contributed by atoms with Crippen LogP contribution in [0.4, 0.5) is 5.69 Å². The highest BCUT2D eigenvalue weighted by Gasteiger charge is 2.21. The molecule has 0 radical (unpaired) electrons. The molecule has 31 heavy (non-hydrogen) atoms. The van der Waals surface area contributed by atoms with Crippen LogP contribution in [0.3, 0.4) is 0 Å². The van der Waals surface area contributed by atoms with Crippen molar-refractivity contribution >= 4 is 33.7 Å². The summed E-state index contributed by atoms with van der Waals surface area (Å²) in [5, 5.41) is 2.56. The summed E-state index contributed by atoms with van der Waals surface area (Å²) in [7, 11) is -2.02. The van der Waals surface area contributed by atoms with Crippen LogP contribution in [0.5, 0.6) is 5.75 Å². The summed E-state index contributed by atoms with van der Waals surface area (Å²) in [6.45, 7) is 3.80. The summed E-state index contributed by atoms with van der Waals surface area (Å²) in [5.41, 5.74) is 1.15. The Hall–Kier alpha value is -3.17. The molecule has 0 atom stereocenters. The van der Waals surface area contributed by atoms with Crippen molar-refractivity contribution in [1.82, 2.24) is 4.31 Å². The van der Waals surface area contributed by atoms with Crippen LogP contribution in [0, 0.1) is 0 Å². The Bertz CT molecular complexity index is 1030. The fraction of sp³-hybridized carbons (Fsp3) is 0.273. The van der Waals surface area contributed by atoms with E-state index >= 15 is 0 Å². The molecule has 1 N–H and O–H groups in total. The average Bonchev–Trinajstić information content (AvgIpc) is 2.77. The van der Waals surface area contributed by atoms with Gasteiger partial charge in [0.15, 0.2) is 6.61 Å². The molecule has 0 bridgehead atoms. The van der Waals surface area contributed by atoms with Gasteiger partial charge in [-0.1, -0.05) is 26.0 Å². The maximum atomic E-state index is 12.5. The number of esters is 1. The van der Waals surface area contributed by atoms with Gasteiger partial charge in [0.05, 0.1) is 12.0 Å². The fourth-order valence-electron chi connectivity index (χ4n) is 2.71. The molecule has 0 saturated heterocycles. The van der Waals surface area contributed by atoms with E-state index in [1.165, 1.54) is 34.6 Å². The zero-order valence-electron chi connectivity index (χ0n) is 17.7. The van der Waals surface area contributed by atoms with E-state index in [0.29, 0.717) is 24.5 Å². The van der Waals surface area contributed by atoms with Crippen LogP contribution in [0.15, 0.2) is 59.5 Å².